The van der Waals surface area contributed by atoms with Crippen LogP contribution in [0.15, 0.2) is 54.6 Å². The smallest absolute Gasteiger partial charge is 0.338 e. The van der Waals surface area contributed by atoms with Gasteiger partial charge in [0, 0.05) is 18.3 Å². The zero-order valence-corrected chi connectivity index (χ0v) is 15.6. The van der Waals surface area contributed by atoms with Gasteiger partial charge in [0.15, 0.2) is 5.81 Å². The summed E-state index contributed by atoms with van der Waals surface area (Å²) in [5.74, 6) is -0.269. The van der Waals surface area contributed by atoms with Gasteiger partial charge in [-0.15, -0.1) is 0 Å². The van der Waals surface area contributed by atoms with Gasteiger partial charge in [0.2, 0.25) is 7.85 Å². The Kier molecular flexibility index (Phi) is 6.52. The molecular formula is C21H25BN2O3. The Morgan fingerprint density at radius 3 is 2.44 bits per heavy atom. The molecule has 2 N–H and O–H groups in total. The van der Waals surface area contributed by atoms with Gasteiger partial charge >= 0.3 is 5.97 Å². The normalized spacial score (nSPS) is 19.1. The lowest BCUT2D eigenvalue weighted by Gasteiger charge is -2.29. The quantitative estimate of drug-likeness (QED) is 0.611. The summed E-state index contributed by atoms with van der Waals surface area (Å²) in [6, 6.07) is 17.6. The summed E-state index contributed by atoms with van der Waals surface area (Å²) in [6.07, 6.45) is 3.64. The SMILES string of the molecule is BC(=O)NCc1cccc(N[C@H]2CC[C@H](OC(=O)c3ccccc3)CC2)c1. The minimum atomic E-state index is -0.238. The Hall–Kier alpha value is -2.76. The molecule has 0 atom stereocenters. The van der Waals surface area contributed by atoms with Gasteiger partial charge in [-0.3, -0.25) is 4.79 Å². The topological polar surface area (TPSA) is 67.4 Å². The van der Waals surface area contributed by atoms with E-state index in [2.05, 4.69) is 16.7 Å². The Morgan fingerprint density at radius 2 is 1.74 bits per heavy atom. The molecule has 0 bridgehead atoms. The Morgan fingerprint density at radius 1 is 1.00 bits per heavy atom. The number of esters is 1. The summed E-state index contributed by atoms with van der Waals surface area (Å²) in [5, 5.41) is 6.38. The van der Waals surface area contributed by atoms with Gasteiger partial charge in [-0.25, -0.2) is 4.79 Å². The van der Waals surface area contributed by atoms with E-state index in [1.54, 1.807) is 12.1 Å². The number of nitrogens with one attached hydrogen (secondary N) is 2. The lowest BCUT2D eigenvalue weighted by molar-refractivity contribution is 0.0202. The zero-order chi connectivity index (χ0) is 19.1. The van der Waals surface area contributed by atoms with Crippen molar-refractivity contribution in [3.8, 4) is 0 Å². The molecule has 1 fully saturated rings. The summed E-state index contributed by atoms with van der Waals surface area (Å²) in [7, 11) is 1.52. The molecule has 0 aliphatic heterocycles. The molecule has 2 aromatic rings. The fourth-order valence-corrected chi connectivity index (χ4v) is 3.35. The van der Waals surface area contributed by atoms with Gasteiger partial charge in [0.25, 0.3) is 0 Å². The molecule has 6 heteroatoms. The number of benzene rings is 2. The molecule has 1 aliphatic rings. The van der Waals surface area contributed by atoms with Crippen LogP contribution in [0.1, 0.15) is 41.6 Å². The number of amides is 1. The first-order valence-corrected chi connectivity index (χ1v) is 9.46. The summed E-state index contributed by atoms with van der Waals surface area (Å²) < 4.78 is 5.64. The predicted octanol–water partition coefficient (Wildman–Crippen LogP) is 3.11. The Balaban J connectivity index is 1.46. The third-order valence-corrected chi connectivity index (χ3v) is 4.80. The van der Waals surface area contributed by atoms with Crippen molar-refractivity contribution < 1.29 is 14.3 Å². The van der Waals surface area contributed by atoms with Crippen molar-refractivity contribution in [1.82, 2.24) is 5.32 Å². The number of anilines is 1. The zero-order valence-electron chi connectivity index (χ0n) is 15.6. The van der Waals surface area contributed by atoms with Crippen LogP contribution in [0.4, 0.5) is 10.5 Å². The maximum atomic E-state index is 12.2. The van der Waals surface area contributed by atoms with E-state index < -0.39 is 0 Å². The Bertz CT molecular complexity index is 774. The first-order valence-electron chi connectivity index (χ1n) is 9.46. The van der Waals surface area contributed by atoms with E-state index in [4.69, 9.17) is 4.74 Å². The highest BCUT2D eigenvalue weighted by atomic mass is 16.5. The minimum Gasteiger partial charge on any atom is -0.459 e. The molecule has 1 saturated carbocycles. The van der Waals surface area contributed by atoms with E-state index in [0.717, 1.165) is 36.9 Å². The number of rotatable bonds is 6. The lowest BCUT2D eigenvalue weighted by atomic mass is 9.92. The van der Waals surface area contributed by atoms with Crippen molar-refractivity contribution >= 4 is 25.3 Å². The second kappa shape index (κ2) is 9.26. The molecule has 3 rings (SSSR count). The number of hydrogen-bond donors (Lipinski definition) is 2. The van der Waals surface area contributed by atoms with Crippen LogP contribution in [-0.4, -0.2) is 31.8 Å². The lowest BCUT2D eigenvalue weighted by Crippen LogP contribution is -2.31. The maximum absolute atomic E-state index is 12.2. The van der Waals surface area contributed by atoms with Crippen molar-refractivity contribution in [2.75, 3.05) is 5.32 Å². The molecule has 0 spiro atoms. The van der Waals surface area contributed by atoms with Crippen molar-refractivity contribution in [3.05, 3.63) is 65.7 Å². The second-order valence-corrected chi connectivity index (χ2v) is 7.00. The van der Waals surface area contributed by atoms with Gasteiger partial charge < -0.3 is 15.4 Å². The van der Waals surface area contributed by atoms with E-state index in [0.29, 0.717) is 18.2 Å². The number of carbonyl (C=O) groups excluding carboxylic acids is 2. The van der Waals surface area contributed by atoms with Crippen LogP contribution in [0.3, 0.4) is 0 Å². The average Bonchev–Trinajstić information content (AvgIpc) is 2.69. The van der Waals surface area contributed by atoms with Crippen LogP contribution < -0.4 is 10.6 Å². The fourth-order valence-electron chi connectivity index (χ4n) is 3.35. The van der Waals surface area contributed by atoms with Crippen molar-refractivity contribution in [3.63, 3.8) is 0 Å². The molecule has 0 aromatic heterocycles. The molecular weight excluding hydrogens is 339 g/mol. The summed E-state index contributed by atoms with van der Waals surface area (Å²) in [6.45, 7) is 0.535. The van der Waals surface area contributed by atoms with Gasteiger partial charge in [0.1, 0.15) is 6.10 Å². The van der Waals surface area contributed by atoms with Crippen LogP contribution in [-0.2, 0) is 11.3 Å². The summed E-state index contributed by atoms with van der Waals surface area (Å²) in [4.78, 5) is 23.2. The van der Waals surface area contributed by atoms with Crippen LogP contribution in [0, 0.1) is 0 Å². The molecule has 1 amide bonds. The predicted molar refractivity (Wildman–Crippen MR) is 109 cm³/mol. The monoisotopic (exact) mass is 364 g/mol. The highest BCUT2D eigenvalue weighted by Gasteiger charge is 2.24. The number of ether oxygens (including phenoxy) is 1. The molecule has 0 unspecified atom stereocenters. The first-order chi connectivity index (χ1) is 13.1. The van der Waals surface area contributed by atoms with Gasteiger partial charge in [-0.05, 0) is 55.5 Å². The fraction of sp³-hybridized carbons (Fsp3) is 0.333. The second-order valence-electron chi connectivity index (χ2n) is 7.00. The van der Waals surface area contributed by atoms with Crippen molar-refractivity contribution in [1.29, 1.82) is 0 Å². The third kappa shape index (κ3) is 5.88. The molecule has 0 radical (unpaired) electrons. The van der Waals surface area contributed by atoms with Gasteiger partial charge in [0.05, 0.1) is 5.56 Å². The van der Waals surface area contributed by atoms with E-state index in [-0.39, 0.29) is 17.9 Å². The summed E-state index contributed by atoms with van der Waals surface area (Å²) >= 11 is 0. The average molecular weight is 364 g/mol. The van der Waals surface area contributed by atoms with E-state index in [1.165, 1.54) is 7.85 Å². The summed E-state index contributed by atoms with van der Waals surface area (Å²) in [5.41, 5.74) is 2.73. The molecule has 1 aliphatic carbocycles. The largest absolute Gasteiger partial charge is 0.459 e. The van der Waals surface area contributed by atoms with E-state index >= 15 is 0 Å². The maximum Gasteiger partial charge on any atom is 0.338 e. The Labute approximate surface area is 160 Å². The molecule has 0 heterocycles. The first kappa shape index (κ1) is 19.0. The molecule has 140 valence electrons. The highest BCUT2D eigenvalue weighted by molar-refractivity contribution is 6.57. The van der Waals surface area contributed by atoms with Gasteiger partial charge in [-0.1, -0.05) is 30.3 Å². The van der Waals surface area contributed by atoms with Crippen LogP contribution >= 0.6 is 0 Å². The molecule has 2 aromatic carbocycles. The molecule has 5 nitrogen and oxygen atoms in total. The van der Waals surface area contributed by atoms with Gasteiger partial charge in [-0.2, -0.15) is 0 Å². The van der Waals surface area contributed by atoms with Crippen LogP contribution in [0.25, 0.3) is 0 Å². The molecule has 0 saturated heterocycles. The highest BCUT2D eigenvalue weighted by Crippen LogP contribution is 2.25. The van der Waals surface area contributed by atoms with Crippen molar-refractivity contribution in [2.45, 2.75) is 44.4 Å². The van der Waals surface area contributed by atoms with Crippen LogP contribution in [0.2, 0.25) is 0 Å². The van der Waals surface area contributed by atoms with Crippen molar-refractivity contribution in [2.24, 2.45) is 0 Å². The van der Waals surface area contributed by atoms with E-state index in [9.17, 15) is 9.59 Å². The third-order valence-electron chi connectivity index (χ3n) is 4.80. The number of hydrogen-bond acceptors (Lipinski definition) is 4. The minimum absolute atomic E-state index is 0.0122. The molecule has 27 heavy (non-hydrogen) atoms. The van der Waals surface area contributed by atoms with Crippen LogP contribution in [0.5, 0.6) is 0 Å². The standard InChI is InChI=1S/C21H25BN2O3/c22-21(26)23-14-15-5-4-8-18(13-15)24-17-9-11-19(12-10-17)27-20(25)16-6-2-1-3-7-16/h1-8,13,17,19,24H,9-12,14,22H2,(H,23,26)/t17-,19-. The van der Waals surface area contributed by atoms with E-state index in [1.807, 2.05) is 36.4 Å². The number of carbonyl (C=O) groups is 2.